The summed E-state index contributed by atoms with van der Waals surface area (Å²) in [6.07, 6.45) is 0.616. The maximum absolute atomic E-state index is 9.95. The molecule has 0 spiro atoms. The lowest BCUT2D eigenvalue weighted by Crippen LogP contribution is -2.56. The van der Waals surface area contributed by atoms with Gasteiger partial charge in [-0.05, 0) is 19.8 Å². The molecule has 18 heavy (non-hydrogen) atoms. The molecule has 2 aliphatic rings. The Hall–Kier alpha value is 0.150. The van der Waals surface area contributed by atoms with Gasteiger partial charge in [-0.3, -0.25) is 0 Å². The third-order valence-electron chi connectivity index (χ3n) is 3.87. The molecule has 0 aromatic rings. The van der Waals surface area contributed by atoms with E-state index in [1.54, 1.807) is 6.92 Å². The Morgan fingerprint density at radius 3 is 2.39 bits per heavy atom. The highest BCUT2D eigenvalue weighted by Crippen LogP contribution is 2.36. The molecule has 1 aliphatic heterocycles. The van der Waals surface area contributed by atoms with E-state index in [0.717, 1.165) is 25.7 Å². The van der Waals surface area contributed by atoms with E-state index in [1.165, 1.54) is 11.8 Å². The summed E-state index contributed by atoms with van der Waals surface area (Å²) in [6, 6.07) is 0.124. The molecular formula is C12H23NO4S. The van der Waals surface area contributed by atoms with Crippen LogP contribution in [0.15, 0.2) is 0 Å². The lowest BCUT2D eigenvalue weighted by molar-refractivity contribution is -0.192. The Labute approximate surface area is 112 Å². The monoisotopic (exact) mass is 277 g/mol. The fourth-order valence-electron chi connectivity index (χ4n) is 2.59. The van der Waals surface area contributed by atoms with Gasteiger partial charge in [0, 0.05) is 11.3 Å². The number of hydrogen-bond acceptors (Lipinski definition) is 6. The van der Waals surface area contributed by atoms with Crippen molar-refractivity contribution >= 4 is 11.8 Å². The van der Waals surface area contributed by atoms with Crippen molar-refractivity contribution in [3.8, 4) is 0 Å². The second-order valence-corrected chi connectivity index (χ2v) is 6.65. The van der Waals surface area contributed by atoms with Gasteiger partial charge in [-0.25, -0.2) is 0 Å². The number of rotatable bonds is 2. The van der Waals surface area contributed by atoms with Gasteiger partial charge in [0.25, 0.3) is 0 Å². The fraction of sp³-hybridized carbons (Fsp3) is 1.00. The average Bonchev–Trinajstić information content (AvgIpc) is 2.36. The van der Waals surface area contributed by atoms with Crippen LogP contribution >= 0.6 is 11.8 Å². The van der Waals surface area contributed by atoms with Gasteiger partial charge in [0.2, 0.25) is 0 Å². The molecule has 1 saturated heterocycles. The molecule has 2 unspecified atom stereocenters. The van der Waals surface area contributed by atoms with Crippen molar-refractivity contribution in [3.63, 3.8) is 0 Å². The predicted octanol–water partition coefficient (Wildman–Crippen LogP) is -0.183. The van der Waals surface area contributed by atoms with E-state index in [-0.39, 0.29) is 11.3 Å². The molecule has 2 fully saturated rings. The van der Waals surface area contributed by atoms with Crippen molar-refractivity contribution in [2.75, 3.05) is 0 Å². The third-order valence-corrected chi connectivity index (χ3v) is 5.46. The van der Waals surface area contributed by atoms with Gasteiger partial charge in [0.05, 0.1) is 6.10 Å². The Morgan fingerprint density at radius 1 is 1.06 bits per heavy atom. The largest absolute Gasteiger partial charge is 0.388 e. The van der Waals surface area contributed by atoms with Gasteiger partial charge >= 0.3 is 0 Å². The molecule has 1 saturated carbocycles. The molecule has 0 bridgehead atoms. The van der Waals surface area contributed by atoms with E-state index in [2.05, 4.69) is 0 Å². The summed E-state index contributed by atoms with van der Waals surface area (Å²) in [5.41, 5.74) is 5.56. The first-order chi connectivity index (χ1) is 8.50. The van der Waals surface area contributed by atoms with E-state index < -0.39 is 29.9 Å². The first kappa shape index (κ1) is 14.6. The van der Waals surface area contributed by atoms with Crippen LogP contribution in [0.1, 0.15) is 32.6 Å². The maximum atomic E-state index is 9.95. The summed E-state index contributed by atoms with van der Waals surface area (Å²) in [5.74, 6) is 0. The summed E-state index contributed by atoms with van der Waals surface area (Å²) >= 11 is 1.50. The molecule has 0 aromatic carbocycles. The van der Waals surface area contributed by atoms with Crippen molar-refractivity contribution in [3.05, 3.63) is 0 Å². The Kier molecular flexibility index (Phi) is 4.91. The van der Waals surface area contributed by atoms with Crippen LogP contribution < -0.4 is 5.73 Å². The van der Waals surface area contributed by atoms with Crippen molar-refractivity contribution in [1.82, 2.24) is 0 Å². The Bertz CT molecular complexity index is 281. The number of ether oxygens (including phenoxy) is 1. The SMILES string of the molecule is C[C@@H]1O[C@@H](SC2CCCCC2N)[C@@H](O)[C@H](O)[C@@H]1O. The van der Waals surface area contributed by atoms with E-state index in [9.17, 15) is 15.3 Å². The predicted molar refractivity (Wildman–Crippen MR) is 70.2 cm³/mol. The van der Waals surface area contributed by atoms with Gasteiger partial charge in [0.15, 0.2) is 0 Å². The topological polar surface area (TPSA) is 95.9 Å². The molecule has 1 aliphatic carbocycles. The van der Waals surface area contributed by atoms with Crippen molar-refractivity contribution < 1.29 is 20.1 Å². The highest BCUT2D eigenvalue weighted by molar-refractivity contribution is 8.00. The number of nitrogens with two attached hydrogens (primary N) is 1. The number of aliphatic hydroxyl groups excluding tert-OH is 3. The highest BCUT2D eigenvalue weighted by Gasteiger charge is 2.43. The minimum Gasteiger partial charge on any atom is -0.388 e. The van der Waals surface area contributed by atoms with Crippen LogP contribution in [0.25, 0.3) is 0 Å². The van der Waals surface area contributed by atoms with Crippen LogP contribution in [0, 0.1) is 0 Å². The second-order valence-electron chi connectivity index (χ2n) is 5.30. The average molecular weight is 277 g/mol. The standard InChI is InChI=1S/C12H23NO4S/c1-6-9(14)10(15)11(16)12(17-6)18-8-5-3-2-4-7(8)13/h6-12,14-16H,2-5,13H2,1H3/t6-,7?,8?,9+,10+,11-,12-/m0/s1. The van der Waals surface area contributed by atoms with Gasteiger partial charge in [-0.1, -0.05) is 12.8 Å². The lowest BCUT2D eigenvalue weighted by atomic mass is 9.96. The zero-order chi connectivity index (χ0) is 13.3. The molecule has 2 rings (SSSR count). The van der Waals surface area contributed by atoms with Crippen molar-refractivity contribution in [2.24, 2.45) is 5.73 Å². The zero-order valence-electron chi connectivity index (χ0n) is 10.6. The fourth-order valence-corrected chi connectivity index (χ4v) is 4.14. The minimum absolute atomic E-state index is 0.124. The van der Waals surface area contributed by atoms with Crippen LogP contribution in [0.3, 0.4) is 0 Å². The summed E-state index contributed by atoms with van der Waals surface area (Å²) in [5, 5.41) is 29.6. The minimum atomic E-state index is -1.15. The van der Waals surface area contributed by atoms with E-state index in [1.807, 2.05) is 0 Å². The van der Waals surface area contributed by atoms with Crippen LogP contribution in [0.2, 0.25) is 0 Å². The second kappa shape index (κ2) is 6.07. The van der Waals surface area contributed by atoms with Crippen LogP contribution in [-0.4, -0.2) is 56.5 Å². The maximum Gasteiger partial charge on any atom is 0.132 e. The molecule has 6 heteroatoms. The van der Waals surface area contributed by atoms with Crippen LogP contribution in [0.4, 0.5) is 0 Å². The van der Waals surface area contributed by atoms with Crippen LogP contribution in [-0.2, 0) is 4.74 Å². The molecule has 0 aromatic heterocycles. The van der Waals surface area contributed by atoms with Gasteiger partial charge in [0.1, 0.15) is 23.7 Å². The Morgan fingerprint density at radius 2 is 1.72 bits per heavy atom. The van der Waals surface area contributed by atoms with Crippen molar-refractivity contribution in [2.45, 2.75) is 73.8 Å². The Balaban J connectivity index is 1.95. The normalized spacial score (nSPS) is 50.2. The molecule has 0 radical (unpaired) electrons. The third kappa shape index (κ3) is 3.00. The van der Waals surface area contributed by atoms with E-state index >= 15 is 0 Å². The summed E-state index contributed by atoms with van der Waals surface area (Å²) in [4.78, 5) is 0. The smallest absolute Gasteiger partial charge is 0.132 e. The van der Waals surface area contributed by atoms with Crippen LogP contribution in [0.5, 0.6) is 0 Å². The molecule has 106 valence electrons. The first-order valence-corrected chi connectivity index (χ1v) is 7.55. The first-order valence-electron chi connectivity index (χ1n) is 6.61. The lowest BCUT2D eigenvalue weighted by Gasteiger charge is -2.41. The molecule has 7 atom stereocenters. The van der Waals surface area contributed by atoms with E-state index in [4.69, 9.17) is 10.5 Å². The van der Waals surface area contributed by atoms with Crippen molar-refractivity contribution in [1.29, 1.82) is 0 Å². The number of hydrogen-bond donors (Lipinski definition) is 4. The number of aliphatic hydroxyl groups is 3. The summed E-state index contributed by atoms with van der Waals surface area (Å²) < 4.78 is 5.58. The summed E-state index contributed by atoms with van der Waals surface area (Å²) in [6.45, 7) is 1.70. The summed E-state index contributed by atoms with van der Waals surface area (Å²) in [7, 11) is 0. The quantitative estimate of drug-likeness (QED) is 0.559. The van der Waals surface area contributed by atoms with Gasteiger partial charge < -0.3 is 25.8 Å². The zero-order valence-corrected chi connectivity index (χ0v) is 11.4. The molecular weight excluding hydrogens is 254 g/mol. The molecule has 5 nitrogen and oxygen atoms in total. The van der Waals surface area contributed by atoms with Gasteiger partial charge in [-0.2, -0.15) is 0 Å². The molecule has 0 amide bonds. The van der Waals surface area contributed by atoms with Gasteiger partial charge in [-0.15, -0.1) is 11.8 Å². The van der Waals surface area contributed by atoms with E-state index in [0.29, 0.717) is 0 Å². The molecule has 1 heterocycles. The number of thioether (sulfide) groups is 1. The molecule has 5 N–H and O–H groups in total. The highest BCUT2D eigenvalue weighted by atomic mass is 32.2.